The van der Waals surface area contributed by atoms with E-state index in [4.69, 9.17) is 11.6 Å². The molecule has 0 atom stereocenters. The van der Waals surface area contributed by atoms with E-state index in [1.165, 1.54) is 29.7 Å². The molecular formula is C19H20ClN5. The summed E-state index contributed by atoms with van der Waals surface area (Å²) in [7, 11) is 0. The van der Waals surface area contributed by atoms with E-state index in [0.29, 0.717) is 10.8 Å². The van der Waals surface area contributed by atoms with Crippen molar-refractivity contribution in [1.82, 2.24) is 20.6 Å². The van der Waals surface area contributed by atoms with Gasteiger partial charge in [0.25, 0.3) is 0 Å². The molecule has 1 aromatic heterocycles. The Balaban J connectivity index is 1.67. The van der Waals surface area contributed by atoms with Gasteiger partial charge in [-0.2, -0.15) is 5.21 Å². The molecule has 0 saturated carbocycles. The number of H-pyrrole nitrogens is 1. The third kappa shape index (κ3) is 3.51. The molecule has 0 spiro atoms. The van der Waals surface area contributed by atoms with Gasteiger partial charge >= 0.3 is 0 Å². The van der Waals surface area contributed by atoms with E-state index in [2.05, 4.69) is 56.7 Å². The van der Waals surface area contributed by atoms with E-state index in [1.807, 2.05) is 12.1 Å². The molecule has 0 fully saturated rings. The molecule has 1 aliphatic heterocycles. The third-order valence-corrected chi connectivity index (χ3v) is 4.86. The van der Waals surface area contributed by atoms with Gasteiger partial charge in [0.1, 0.15) is 0 Å². The second-order valence-electron chi connectivity index (χ2n) is 6.59. The van der Waals surface area contributed by atoms with Crippen molar-refractivity contribution in [3.05, 3.63) is 58.1 Å². The lowest BCUT2D eigenvalue weighted by Gasteiger charge is -2.26. The first kappa shape index (κ1) is 16.1. The molecule has 0 aliphatic carbocycles. The number of aromatic nitrogens is 4. The van der Waals surface area contributed by atoms with Crippen LogP contribution in [0.5, 0.6) is 0 Å². The van der Waals surface area contributed by atoms with Crippen LogP contribution in [0.3, 0.4) is 0 Å². The molecule has 2 aromatic carbocycles. The number of hydrogen-bond acceptors (Lipinski definition) is 4. The summed E-state index contributed by atoms with van der Waals surface area (Å²) in [4.78, 5) is 2.46. The fraction of sp³-hybridized carbons (Fsp3) is 0.316. The van der Waals surface area contributed by atoms with Crippen LogP contribution in [0, 0.1) is 6.92 Å². The molecule has 128 valence electrons. The van der Waals surface area contributed by atoms with Gasteiger partial charge in [-0.25, -0.2) is 0 Å². The highest BCUT2D eigenvalue weighted by atomic mass is 35.5. The second kappa shape index (κ2) is 6.84. The van der Waals surface area contributed by atoms with Gasteiger partial charge < -0.3 is 4.90 Å². The van der Waals surface area contributed by atoms with E-state index in [0.717, 1.165) is 30.6 Å². The highest BCUT2D eigenvalue weighted by Gasteiger charge is 2.16. The fourth-order valence-corrected chi connectivity index (χ4v) is 3.72. The number of hydrogen-bond donors (Lipinski definition) is 1. The van der Waals surface area contributed by atoms with Crippen LogP contribution < -0.4 is 4.90 Å². The van der Waals surface area contributed by atoms with Crippen molar-refractivity contribution in [1.29, 1.82) is 0 Å². The Kier molecular flexibility index (Phi) is 4.40. The zero-order valence-corrected chi connectivity index (χ0v) is 14.9. The predicted molar refractivity (Wildman–Crippen MR) is 99.8 cm³/mol. The number of aromatic amines is 1. The summed E-state index contributed by atoms with van der Waals surface area (Å²) in [6, 6.07) is 12.8. The molecule has 0 saturated heterocycles. The van der Waals surface area contributed by atoms with Crippen molar-refractivity contribution >= 4 is 17.3 Å². The number of rotatable bonds is 3. The zero-order chi connectivity index (χ0) is 17.2. The van der Waals surface area contributed by atoms with Gasteiger partial charge in [-0.3, -0.25) is 0 Å². The number of halogens is 1. The van der Waals surface area contributed by atoms with Gasteiger partial charge in [-0.05, 0) is 72.4 Å². The maximum absolute atomic E-state index is 6.34. The lowest BCUT2D eigenvalue weighted by molar-refractivity contribution is 0.714. The van der Waals surface area contributed by atoms with Gasteiger partial charge in [-0.1, -0.05) is 23.7 Å². The minimum absolute atomic E-state index is 0.566. The van der Waals surface area contributed by atoms with Crippen LogP contribution in [0.15, 0.2) is 36.4 Å². The summed E-state index contributed by atoms with van der Waals surface area (Å²) in [5.74, 6) is 0.566. The molecule has 5 nitrogen and oxygen atoms in total. The molecule has 0 bridgehead atoms. The molecule has 2 heterocycles. The summed E-state index contributed by atoms with van der Waals surface area (Å²) < 4.78 is 0. The van der Waals surface area contributed by atoms with Crippen LogP contribution in [0.1, 0.15) is 29.5 Å². The summed E-state index contributed by atoms with van der Waals surface area (Å²) >= 11 is 6.34. The van der Waals surface area contributed by atoms with Crippen LogP contribution >= 0.6 is 11.6 Å². The molecule has 0 radical (unpaired) electrons. The first-order valence-electron chi connectivity index (χ1n) is 8.57. The van der Waals surface area contributed by atoms with E-state index < -0.39 is 0 Å². The van der Waals surface area contributed by atoms with Crippen molar-refractivity contribution in [3.63, 3.8) is 0 Å². The first-order valence-corrected chi connectivity index (χ1v) is 8.94. The van der Waals surface area contributed by atoms with Crippen molar-refractivity contribution in [2.24, 2.45) is 0 Å². The van der Waals surface area contributed by atoms with Crippen LogP contribution in [0.4, 0.5) is 5.69 Å². The molecule has 3 aromatic rings. The minimum atomic E-state index is 0.566. The normalized spacial score (nSPS) is 14.2. The molecule has 25 heavy (non-hydrogen) atoms. The Morgan fingerprint density at radius 2 is 2.08 bits per heavy atom. The summed E-state index contributed by atoms with van der Waals surface area (Å²) in [5, 5.41) is 14.9. The standard InChI is InChI=1S/C19H20ClN5/c1-13-5-6-15-4-2-3-7-25(18(15)8-13)12-14-9-16(11-17(20)10-14)19-21-23-24-22-19/h5-6,8-11H,2-4,7,12H2,1H3,(H,21,22,23,24). The van der Waals surface area contributed by atoms with Gasteiger partial charge in [0.05, 0.1) is 0 Å². The van der Waals surface area contributed by atoms with Crippen LogP contribution in [0.25, 0.3) is 11.4 Å². The Bertz CT molecular complexity index is 876. The Hall–Kier alpha value is -2.40. The minimum Gasteiger partial charge on any atom is -0.367 e. The maximum Gasteiger partial charge on any atom is 0.204 e. The van der Waals surface area contributed by atoms with Crippen molar-refractivity contribution in [2.75, 3.05) is 11.4 Å². The van der Waals surface area contributed by atoms with Crippen LogP contribution in [-0.4, -0.2) is 27.2 Å². The van der Waals surface area contributed by atoms with E-state index >= 15 is 0 Å². The predicted octanol–water partition coefficient (Wildman–Crippen LogP) is 4.17. The van der Waals surface area contributed by atoms with Crippen molar-refractivity contribution in [2.45, 2.75) is 32.7 Å². The third-order valence-electron chi connectivity index (χ3n) is 4.64. The Morgan fingerprint density at radius 3 is 2.92 bits per heavy atom. The van der Waals surface area contributed by atoms with Gasteiger partial charge in [-0.15, -0.1) is 10.2 Å². The second-order valence-corrected chi connectivity index (χ2v) is 7.03. The maximum atomic E-state index is 6.34. The highest BCUT2D eigenvalue weighted by Crippen LogP contribution is 2.30. The number of nitrogens with one attached hydrogen (secondary N) is 1. The zero-order valence-electron chi connectivity index (χ0n) is 14.2. The molecule has 6 heteroatoms. The topological polar surface area (TPSA) is 57.7 Å². The number of tetrazole rings is 1. The lowest BCUT2D eigenvalue weighted by Crippen LogP contribution is -2.23. The first-order chi connectivity index (χ1) is 12.2. The number of anilines is 1. The molecular weight excluding hydrogens is 334 g/mol. The van der Waals surface area contributed by atoms with E-state index in [1.54, 1.807) is 0 Å². The number of fused-ring (bicyclic) bond motifs is 1. The number of nitrogens with zero attached hydrogens (tertiary/aromatic N) is 4. The lowest BCUT2D eigenvalue weighted by atomic mass is 10.0. The smallest absolute Gasteiger partial charge is 0.204 e. The molecule has 4 rings (SSSR count). The average Bonchev–Trinajstić information content (AvgIpc) is 3.06. The quantitative estimate of drug-likeness (QED) is 0.767. The summed E-state index contributed by atoms with van der Waals surface area (Å²) in [5.41, 5.74) is 6.11. The Morgan fingerprint density at radius 1 is 1.16 bits per heavy atom. The van der Waals surface area contributed by atoms with E-state index in [-0.39, 0.29) is 0 Å². The number of aryl methyl sites for hydroxylation is 2. The van der Waals surface area contributed by atoms with Crippen molar-refractivity contribution in [3.8, 4) is 11.4 Å². The van der Waals surface area contributed by atoms with Crippen molar-refractivity contribution < 1.29 is 0 Å². The van der Waals surface area contributed by atoms with Gasteiger partial charge in [0.2, 0.25) is 5.82 Å². The Labute approximate surface area is 152 Å². The monoisotopic (exact) mass is 353 g/mol. The summed E-state index contributed by atoms with van der Waals surface area (Å²) in [6.07, 6.45) is 3.58. The van der Waals surface area contributed by atoms with E-state index in [9.17, 15) is 0 Å². The SMILES string of the molecule is Cc1ccc2c(c1)N(Cc1cc(Cl)cc(-c3nn[nH]n3)c1)CCCC2. The molecule has 1 N–H and O–H groups in total. The largest absolute Gasteiger partial charge is 0.367 e. The molecule has 0 amide bonds. The van der Waals surface area contributed by atoms with Crippen LogP contribution in [-0.2, 0) is 13.0 Å². The highest BCUT2D eigenvalue weighted by molar-refractivity contribution is 6.30. The molecule has 1 aliphatic rings. The summed E-state index contributed by atoms with van der Waals surface area (Å²) in [6.45, 7) is 4.03. The van der Waals surface area contributed by atoms with Crippen LogP contribution in [0.2, 0.25) is 5.02 Å². The van der Waals surface area contributed by atoms with Gasteiger partial charge in [0.15, 0.2) is 0 Å². The molecule has 0 unspecified atom stereocenters. The average molecular weight is 354 g/mol. The van der Waals surface area contributed by atoms with Gasteiger partial charge in [0, 0.05) is 29.4 Å². The fourth-order valence-electron chi connectivity index (χ4n) is 3.46. The number of benzene rings is 2.